The predicted molar refractivity (Wildman–Crippen MR) is 390 cm³/mol. The molecule has 558 valence electrons. The minimum atomic E-state index is -4.97. The third-order valence-corrected chi connectivity index (χ3v) is 18.0. The molecule has 0 bridgehead atoms. The number of allylic oxidation sites excluding steroid dienone is 12. The van der Waals surface area contributed by atoms with Gasteiger partial charge in [0.1, 0.15) is 19.3 Å². The van der Waals surface area contributed by atoms with Crippen molar-refractivity contribution in [3.05, 3.63) is 72.9 Å². The van der Waals surface area contributed by atoms with E-state index in [4.69, 9.17) is 37.0 Å². The summed E-state index contributed by atoms with van der Waals surface area (Å²) >= 11 is 0. The highest BCUT2D eigenvalue weighted by atomic mass is 31.2. The first-order chi connectivity index (χ1) is 46.7. The number of hydrogen-bond acceptors (Lipinski definition) is 15. The van der Waals surface area contributed by atoms with Gasteiger partial charge >= 0.3 is 39.5 Å². The molecule has 0 saturated heterocycles. The standard InChI is InChI=1S/C77H138O17P2/c1-5-9-13-17-21-25-29-33-35-39-42-46-50-54-58-62-75(80)88-68-73(94-77(82)64-60-56-52-48-44-40-36-34-30-26-22-18-14-10-6-2)70-92-96(85,86)90-66-71(78)65-89-95(83,84)91-69-72(93-76(81)63-59-55-51-47-43-38-32-28-24-20-16-12-8-4)67-87-74(79)61-57-53-49-45-41-37-31-27-23-19-15-11-7-3/h9,13,15,19,21,25,27,31,33-36,71-73,78H,5-8,10-12,14,16-18,20,22-24,26,28-30,32,37-70H2,1-4H3,(H,83,84)(H,85,86)/b13-9-,19-15-,25-21-,31-27-,35-33-,36-34-. The summed E-state index contributed by atoms with van der Waals surface area (Å²) in [6, 6.07) is 0. The number of unbranched alkanes of at least 4 members (excludes halogenated alkanes) is 34. The Balaban J connectivity index is 5.34. The van der Waals surface area contributed by atoms with E-state index in [9.17, 15) is 43.2 Å². The van der Waals surface area contributed by atoms with Crippen LogP contribution in [0.1, 0.15) is 336 Å². The normalized spacial score (nSPS) is 14.4. The maximum atomic E-state index is 13.1. The highest BCUT2D eigenvalue weighted by Crippen LogP contribution is 2.45. The highest BCUT2D eigenvalue weighted by molar-refractivity contribution is 7.47. The Labute approximate surface area is 583 Å². The molecule has 3 N–H and O–H groups in total. The molecule has 0 aliphatic heterocycles. The van der Waals surface area contributed by atoms with E-state index in [1.165, 1.54) is 89.9 Å². The molecule has 0 aliphatic carbocycles. The van der Waals surface area contributed by atoms with Crippen LogP contribution in [0, 0.1) is 0 Å². The van der Waals surface area contributed by atoms with E-state index in [1.54, 1.807) is 0 Å². The molecule has 0 heterocycles. The molecule has 0 fully saturated rings. The van der Waals surface area contributed by atoms with E-state index < -0.39 is 97.5 Å². The Bertz CT molecular complexity index is 2110. The van der Waals surface area contributed by atoms with Crippen molar-refractivity contribution in [1.82, 2.24) is 0 Å². The Hall–Kier alpha value is -3.50. The van der Waals surface area contributed by atoms with Gasteiger partial charge in [0, 0.05) is 25.7 Å². The van der Waals surface area contributed by atoms with Gasteiger partial charge in [-0.1, -0.05) is 274 Å². The monoisotopic (exact) mass is 1400 g/mol. The van der Waals surface area contributed by atoms with Crippen LogP contribution in [0.25, 0.3) is 0 Å². The van der Waals surface area contributed by atoms with Crippen LogP contribution in [0.3, 0.4) is 0 Å². The molecule has 0 saturated carbocycles. The number of esters is 4. The first-order valence-electron chi connectivity index (χ1n) is 38.2. The second-order valence-corrected chi connectivity index (χ2v) is 28.5. The largest absolute Gasteiger partial charge is 0.472 e. The lowest BCUT2D eigenvalue weighted by molar-refractivity contribution is -0.161. The number of carbonyl (C=O) groups is 4. The number of carbonyl (C=O) groups excluding carboxylic acids is 4. The topological polar surface area (TPSA) is 237 Å². The highest BCUT2D eigenvalue weighted by Gasteiger charge is 2.30. The van der Waals surface area contributed by atoms with Crippen molar-refractivity contribution in [2.45, 2.75) is 354 Å². The number of aliphatic hydroxyl groups excluding tert-OH is 1. The van der Waals surface area contributed by atoms with Gasteiger partial charge in [0.15, 0.2) is 12.2 Å². The summed E-state index contributed by atoms with van der Waals surface area (Å²) in [5.74, 6) is -2.19. The fraction of sp³-hybridized carbons (Fsp3) is 0.792. The van der Waals surface area contributed by atoms with Gasteiger partial charge in [-0.05, 0) is 109 Å². The lowest BCUT2D eigenvalue weighted by Gasteiger charge is -2.21. The third kappa shape index (κ3) is 69.0. The first kappa shape index (κ1) is 92.5. The van der Waals surface area contributed by atoms with Crippen LogP contribution in [-0.2, 0) is 65.4 Å². The fourth-order valence-electron chi connectivity index (χ4n) is 10.3. The Morgan fingerprint density at radius 3 is 0.885 bits per heavy atom. The number of hydrogen-bond donors (Lipinski definition) is 3. The zero-order chi connectivity index (χ0) is 70.4. The van der Waals surface area contributed by atoms with Crippen molar-refractivity contribution in [2.75, 3.05) is 39.6 Å². The Kier molecular flexibility index (Phi) is 67.4. The molecule has 17 nitrogen and oxygen atoms in total. The van der Waals surface area contributed by atoms with E-state index in [1.807, 2.05) is 0 Å². The SMILES string of the molecule is CC/C=C\C/C=C\C/C=C\CCCCCCCC(=O)OCC(COP(=O)(O)OCC(O)COP(=O)(O)OCC(COC(=O)CCCCCCC/C=C\C/C=C\CCC)OC(=O)CCCCCCCCCCCCCCC)OC(=O)CCCCCCC/C=C\CCCCCCCC. The number of phosphoric ester groups is 2. The van der Waals surface area contributed by atoms with E-state index in [0.717, 1.165) is 167 Å². The van der Waals surface area contributed by atoms with Crippen LogP contribution in [-0.4, -0.2) is 96.7 Å². The molecule has 5 unspecified atom stereocenters. The Morgan fingerprint density at radius 1 is 0.302 bits per heavy atom. The maximum absolute atomic E-state index is 13.1. The van der Waals surface area contributed by atoms with Crippen LogP contribution in [0.5, 0.6) is 0 Å². The quantitative estimate of drug-likeness (QED) is 0.0169. The predicted octanol–water partition coefficient (Wildman–Crippen LogP) is 21.7. The van der Waals surface area contributed by atoms with Gasteiger partial charge in [0.05, 0.1) is 26.4 Å². The number of phosphoric acid groups is 2. The van der Waals surface area contributed by atoms with E-state index in [2.05, 4.69) is 101 Å². The summed E-state index contributed by atoms with van der Waals surface area (Å²) in [5.41, 5.74) is 0. The summed E-state index contributed by atoms with van der Waals surface area (Å²) in [5, 5.41) is 10.6. The van der Waals surface area contributed by atoms with Crippen LogP contribution in [0.4, 0.5) is 0 Å². The molecule has 0 aliphatic rings. The number of aliphatic hydroxyl groups is 1. The molecular formula is C77H138O17P2. The lowest BCUT2D eigenvalue weighted by atomic mass is 10.0. The van der Waals surface area contributed by atoms with Crippen LogP contribution < -0.4 is 0 Å². The van der Waals surface area contributed by atoms with Gasteiger partial charge in [0.2, 0.25) is 0 Å². The second kappa shape index (κ2) is 70.0. The first-order valence-corrected chi connectivity index (χ1v) is 41.2. The van der Waals surface area contributed by atoms with Crippen molar-refractivity contribution in [3.8, 4) is 0 Å². The van der Waals surface area contributed by atoms with Crippen molar-refractivity contribution in [3.63, 3.8) is 0 Å². The van der Waals surface area contributed by atoms with Gasteiger partial charge in [-0.2, -0.15) is 0 Å². The number of rotatable bonds is 72. The van der Waals surface area contributed by atoms with Crippen molar-refractivity contribution in [2.24, 2.45) is 0 Å². The summed E-state index contributed by atoms with van der Waals surface area (Å²) in [4.78, 5) is 72.8. The van der Waals surface area contributed by atoms with Crippen LogP contribution in [0.15, 0.2) is 72.9 Å². The fourth-order valence-corrected chi connectivity index (χ4v) is 11.9. The van der Waals surface area contributed by atoms with Crippen LogP contribution in [0.2, 0.25) is 0 Å². The minimum absolute atomic E-state index is 0.0836. The maximum Gasteiger partial charge on any atom is 0.472 e. The molecule has 0 radical (unpaired) electrons. The van der Waals surface area contributed by atoms with Crippen molar-refractivity contribution in [1.29, 1.82) is 0 Å². The van der Waals surface area contributed by atoms with Gasteiger partial charge in [-0.15, -0.1) is 0 Å². The summed E-state index contributed by atoms with van der Waals surface area (Å²) < 4.78 is 68.4. The van der Waals surface area contributed by atoms with Gasteiger partial charge in [-0.25, -0.2) is 9.13 Å². The second-order valence-electron chi connectivity index (χ2n) is 25.6. The van der Waals surface area contributed by atoms with Gasteiger partial charge in [0.25, 0.3) is 0 Å². The molecule has 0 spiro atoms. The van der Waals surface area contributed by atoms with Gasteiger partial charge in [-0.3, -0.25) is 37.3 Å². The third-order valence-electron chi connectivity index (χ3n) is 16.1. The molecule has 0 rings (SSSR count). The van der Waals surface area contributed by atoms with E-state index in [0.29, 0.717) is 25.7 Å². The zero-order valence-electron chi connectivity index (χ0n) is 60.8. The van der Waals surface area contributed by atoms with Crippen molar-refractivity contribution >= 4 is 39.5 Å². The Morgan fingerprint density at radius 2 is 0.562 bits per heavy atom. The summed E-state index contributed by atoms with van der Waals surface area (Å²) in [7, 11) is -9.94. The summed E-state index contributed by atoms with van der Waals surface area (Å²) in [6.07, 6.45) is 68.9. The molecular weight excluding hydrogens is 1260 g/mol. The molecule has 5 atom stereocenters. The molecule has 0 aromatic carbocycles. The van der Waals surface area contributed by atoms with E-state index in [-0.39, 0.29) is 25.7 Å². The zero-order valence-corrected chi connectivity index (χ0v) is 62.6. The summed E-state index contributed by atoms with van der Waals surface area (Å²) in [6.45, 7) is 4.69. The molecule has 0 amide bonds. The molecule has 0 aromatic heterocycles. The molecule has 0 aromatic rings. The van der Waals surface area contributed by atoms with Crippen LogP contribution >= 0.6 is 15.6 Å². The van der Waals surface area contributed by atoms with Crippen molar-refractivity contribution < 1.29 is 80.2 Å². The molecule has 96 heavy (non-hydrogen) atoms. The average Bonchev–Trinajstić information content (AvgIpc) is 1.36. The lowest BCUT2D eigenvalue weighted by Crippen LogP contribution is -2.30. The molecule has 19 heteroatoms. The van der Waals surface area contributed by atoms with Gasteiger partial charge < -0.3 is 33.8 Å². The number of ether oxygens (including phenoxy) is 4. The van der Waals surface area contributed by atoms with E-state index >= 15 is 0 Å². The smallest absolute Gasteiger partial charge is 0.462 e. The average molecular weight is 1400 g/mol. The minimum Gasteiger partial charge on any atom is -0.462 e.